The highest BCUT2D eigenvalue weighted by Gasteiger charge is 2.32. The number of halogens is 1. The summed E-state index contributed by atoms with van der Waals surface area (Å²) in [6.07, 6.45) is 2.07. The summed E-state index contributed by atoms with van der Waals surface area (Å²) < 4.78 is 14.8. The Morgan fingerprint density at radius 3 is 2.54 bits per heavy atom. The SMILES string of the molecule is CC1CC(c2nn(C)c(N)c2F)C1. The maximum absolute atomic E-state index is 13.4. The molecule has 0 spiro atoms. The van der Waals surface area contributed by atoms with Crippen LogP contribution in [0, 0.1) is 11.7 Å². The third-order valence-electron chi connectivity index (χ3n) is 2.82. The molecule has 2 rings (SSSR count). The summed E-state index contributed by atoms with van der Waals surface area (Å²) in [6.45, 7) is 2.17. The zero-order chi connectivity index (χ0) is 9.59. The van der Waals surface area contributed by atoms with Gasteiger partial charge in [-0.05, 0) is 18.8 Å². The lowest BCUT2D eigenvalue weighted by atomic mass is 9.74. The number of hydrogen-bond donors (Lipinski definition) is 1. The van der Waals surface area contributed by atoms with E-state index in [9.17, 15) is 4.39 Å². The average Bonchev–Trinajstić information content (AvgIpc) is 2.27. The summed E-state index contributed by atoms with van der Waals surface area (Å²) in [4.78, 5) is 0. The fraction of sp³-hybridized carbons (Fsp3) is 0.667. The molecule has 1 aliphatic carbocycles. The van der Waals surface area contributed by atoms with Gasteiger partial charge in [0, 0.05) is 13.0 Å². The Kier molecular flexibility index (Phi) is 1.78. The van der Waals surface area contributed by atoms with Crippen molar-refractivity contribution in [2.24, 2.45) is 13.0 Å². The maximum Gasteiger partial charge on any atom is 0.188 e. The van der Waals surface area contributed by atoms with Crippen LogP contribution >= 0.6 is 0 Å². The molecule has 0 aromatic carbocycles. The van der Waals surface area contributed by atoms with Gasteiger partial charge in [-0.1, -0.05) is 6.92 Å². The van der Waals surface area contributed by atoms with Gasteiger partial charge in [0.1, 0.15) is 5.69 Å². The molecule has 0 unspecified atom stereocenters. The number of nitrogens with zero attached hydrogens (tertiary/aromatic N) is 2. The van der Waals surface area contributed by atoms with Gasteiger partial charge < -0.3 is 5.73 Å². The minimum Gasteiger partial charge on any atom is -0.381 e. The summed E-state index contributed by atoms with van der Waals surface area (Å²) in [5, 5.41) is 4.08. The molecule has 4 heteroatoms. The minimum absolute atomic E-state index is 0.148. The summed E-state index contributed by atoms with van der Waals surface area (Å²) in [5.74, 6) is 0.820. The van der Waals surface area contributed by atoms with Gasteiger partial charge in [-0.3, -0.25) is 4.68 Å². The highest BCUT2D eigenvalue weighted by molar-refractivity contribution is 5.35. The number of aryl methyl sites for hydroxylation is 1. The van der Waals surface area contributed by atoms with Crippen LogP contribution in [0.2, 0.25) is 0 Å². The number of hydrogen-bond acceptors (Lipinski definition) is 2. The van der Waals surface area contributed by atoms with Crippen molar-refractivity contribution < 1.29 is 4.39 Å². The smallest absolute Gasteiger partial charge is 0.188 e. The Bertz CT molecular complexity index is 326. The van der Waals surface area contributed by atoms with Crippen LogP contribution in [0.4, 0.5) is 10.2 Å². The van der Waals surface area contributed by atoms with E-state index in [2.05, 4.69) is 12.0 Å². The van der Waals surface area contributed by atoms with E-state index >= 15 is 0 Å². The van der Waals surface area contributed by atoms with Crippen LogP contribution in [-0.4, -0.2) is 9.78 Å². The van der Waals surface area contributed by atoms with Gasteiger partial charge in [0.25, 0.3) is 0 Å². The van der Waals surface area contributed by atoms with Crippen LogP contribution < -0.4 is 5.73 Å². The Hall–Kier alpha value is -1.06. The molecule has 72 valence electrons. The molecule has 0 aliphatic heterocycles. The summed E-state index contributed by atoms with van der Waals surface area (Å²) in [5.41, 5.74) is 6.03. The Labute approximate surface area is 76.7 Å². The van der Waals surface area contributed by atoms with E-state index in [0.29, 0.717) is 17.5 Å². The van der Waals surface area contributed by atoms with Crippen molar-refractivity contribution in [1.29, 1.82) is 0 Å². The zero-order valence-electron chi connectivity index (χ0n) is 7.92. The number of nitrogens with two attached hydrogens (primary N) is 1. The maximum atomic E-state index is 13.4. The van der Waals surface area contributed by atoms with Crippen LogP contribution in [0.15, 0.2) is 0 Å². The predicted molar refractivity (Wildman–Crippen MR) is 48.7 cm³/mol. The van der Waals surface area contributed by atoms with Gasteiger partial charge in [0.15, 0.2) is 11.6 Å². The van der Waals surface area contributed by atoms with E-state index in [0.717, 1.165) is 12.8 Å². The van der Waals surface area contributed by atoms with Crippen molar-refractivity contribution in [1.82, 2.24) is 9.78 Å². The van der Waals surface area contributed by atoms with Crippen LogP contribution in [-0.2, 0) is 7.05 Å². The molecule has 1 aromatic heterocycles. The third-order valence-corrected chi connectivity index (χ3v) is 2.82. The van der Waals surface area contributed by atoms with Crippen molar-refractivity contribution in [2.45, 2.75) is 25.7 Å². The second-order valence-corrected chi connectivity index (χ2v) is 3.98. The van der Waals surface area contributed by atoms with E-state index in [-0.39, 0.29) is 11.6 Å². The highest BCUT2D eigenvalue weighted by atomic mass is 19.1. The van der Waals surface area contributed by atoms with Crippen molar-refractivity contribution in [3.8, 4) is 0 Å². The fourth-order valence-electron chi connectivity index (χ4n) is 1.92. The Balaban J connectivity index is 2.26. The Morgan fingerprint density at radius 2 is 2.15 bits per heavy atom. The second kappa shape index (κ2) is 2.72. The summed E-state index contributed by atoms with van der Waals surface area (Å²) in [6, 6.07) is 0. The van der Waals surface area contributed by atoms with Crippen molar-refractivity contribution in [3.05, 3.63) is 11.5 Å². The normalized spacial score (nSPS) is 27.3. The number of anilines is 1. The van der Waals surface area contributed by atoms with Crippen molar-refractivity contribution in [2.75, 3.05) is 5.73 Å². The topological polar surface area (TPSA) is 43.8 Å². The molecule has 3 nitrogen and oxygen atoms in total. The number of rotatable bonds is 1. The van der Waals surface area contributed by atoms with Crippen LogP contribution in [0.3, 0.4) is 0 Å². The zero-order valence-corrected chi connectivity index (χ0v) is 7.92. The van der Waals surface area contributed by atoms with E-state index < -0.39 is 0 Å². The first-order valence-electron chi connectivity index (χ1n) is 4.57. The molecule has 1 aliphatic rings. The van der Waals surface area contributed by atoms with Gasteiger partial charge in [-0.15, -0.1) is 0 Å². The molecule has 0 bridgehead atoms. The molecule has 1 heterocycles. The molecule has 0 amide bonds. The predicted octanol–water partition coefficient (Wildman–Crippen LogP) is 1.65. The highest BCUT2D eigenvalue weighted by Crippen LogP contribution is 2.42. The lowest BCUT2D eigenvalue weighted by Crippen LogP contribution is -2.20. The first-order valence-corrected chi connectivity index (χ1v) is 4.57. The quantitative estimate of drug-likeness (QED) is 0.719. The lowest BCUT2D eigenvalue weighted by molar-refractivity contribution is 0.276. The monoisotopic (exact) mass is 183 g/mol. The second-order valence-electron chi connectivity index (χ2n) is 3.98. The standard InChI is InChI=1S/C9H14FN3/c1-5-3-6(4-5)8-7(10)9(11)13(2)12-8/h5-6H,3-4,11H2,1-2H3. The molecular formula is C9H14FN3. The molecule has 1 aromatic rings. The van der Waals surface area contributed by atoms with E-state index in [1.165, 1.54) is 4.68 Å². The minimum atomic E-state index is -0.320. The van der Waals surface area contributed by atoms with E-state index in [1.807, 2.05) is 0 Å². The summed E-state index contributed by atoms with van der Waals surface area (Å²) in [7, 11) is 1.67. The first-order chi connectivity index (χ1) is 6.09. The van der Waals surface area contributed by atoms with E-state index in [1.54, 1.807) is 7.05 Å². The van der Waals surface area contributed by atoms with Gasteiger partial charge in [-0.25, -0.2) is 4.39 Å². The molecule has 13 heavy (non-hydrogen) atoms. The molecule has 1 saturated carbocycles. The molecule has 0 radical (unpaired) electrons. The lowest BCUT2D eigenvalue weighted by Gasteiger charge is -2.31. The number of aromatic nitrogens is 2. The molecule has 0 saturated heterocycles. The van der Waals surface area contributed by atoms with Crippen molar-refractivity contribution >= 4 is 5.82 Å². The van der Waals surface area contributed by atoms with Gasteiger partial charge in [0.2, 0.25) is 0 Å². The van der Waals surface area contributed by atoms with Gasteiger partial charge >= 0.3 is 0 Å². The van der Waals surface area contributed by atoms with Gasteiger partial charge in [0.05, 0.1) is 0 Å². The molecular weight excluding hydrogens is 169 g/mol. The molecule has 0 atom stereocenters. The molecule has 1 fully saturated rings. The van der Waals surface area contributed by atoms with E-state index in [4.69, 9.17) is 5.73 Å². The Morgan fingerprint density at radius 1 is 1.54 bits per heavy atom. The first kappa shape index (κ1) is 8.53. The van der Waals surface area contributed by atoms with Crippen LogP contribution in [0.1, 0.15) is 31.4 Å². The van der Waals surface area contributed by atoms with Crippen LogP contribution in [0.5, 0.6) is 0 Å². The molecule has 2 N–H and O–H groups in total. The average molecular weight is 183 g/mol. The summed E-state index contributed by atoms with van der Waals surface area (Å²) >= 11 is 0. The third kappa shape index (κ3) is 1.20. The van der Waals surface area contributed by atoms with Crippen LogP contribution in [0.25, 0.3) is 0 Å². The van der Waals surface area contributed by atoms with Crippen molar-refractivity contribution in [3.63, 3.8) is 0 Å². The fourth-order valence-corrected chi connectivity index (χ4v) is 1.92. The number of nitrogen functional groups attached to an aromatic ring is 1. The van der Waals surface area contributed by atoms with Gasteiger partial charge in [-0.2, -0.15) is 5.10 Å². The largest absolute Gasteiger partial charge is 0.381 e.